The predicted octanol–water partition coefficient (Wildman–Crippen LogP) is 1.75. The molecule has 1 aliphatic rings. The first-order valence-electron chi connectivity index (χ1n) is 6.44. The van der Waals surface area contributed by atoms with Crippen molar-refractivity contribution in [2.24, 2.45) is 0 Å². The maximum atomic E-state index is 9.28. The fourth-order valence-electron chi connectivity index (χ4n) is 2.61. The van der Waals surface area contributed by atoms with Crippen molar-refractivity contribution < 1.29 is 5.11 Å². The Morgan fingerprint density at radius 3 is 2.56 bits per heavy atom. The quantitative estimate of drug-likeness (QED) is 0.875. The Labute approximate surface area is 116 Å². The summed E-state index contributed by atoms with van der Waals surface area (Å²) in [5.41, 5.74) is 2.69. The molecule has 0 radical (unpaired) electrons. The summed E-state index contributed by atoms with van der Waals surface area (Å²) < 4.78 is 0. The summed E-state index contributed by atoms with van der Waals surface area (Å²) in [7, 11) is 0. The summed E-state index contributed by atoms with van der Waals surface area (Å²) in [6.07, 6.45) is 0.824. The number of rotatable bonds is 4. The summed E-state index contributed by atoms with van der Waals surface area (Å²) in [6, 6.07) is 8.88. The molecule has 0 unspecified atom stereocenters. The molecule has 0 amide bonds. The maximum absolute atomic E-state index is 9.28. The molecule has 4 heteroatoms. The second-order valence-corrected chi connectivity index (χ2v) is 4.67. The second-order valence-electron chi connectivity index (χ2n) is 4.67. The van der Waals surface area contributed by atoms with Gasteiger partial charge in [0.25, 0.3) is 0 Å². The first-order valence-corrected chi connectivity index (χ1v) is 6.44. The predicted molar refractivity (Wildman–Crippen MR) is 77.3 cm³/mol. The normalized spacial score (nSPS) is 18.1. The Morgan fingerprint density at radius 2 is 1.94 bits per heavy atom. The molecule has 1 fully saturated rings. The highest BCUT2D eigenvalue weighted by atomic mass is 35.5. The number of halogens is 1. The number of nitrogens with zero attached hydrogens (tertiary/aromatic N) is 1. The smallest absolute Gasteiger partial charge is 0.0449 e. The number of nitrogens with one attached hydrogen (secondary N) is 1. The van der Waals surface area contributed by atoms with Crippen molar-refractivity contribution in [2.75, 3.05) is 32.8 Å². The van der Waals surface area contributed by atoms with Gasteiger partial charge in [0.1, 0.15) is 0 Å². The van der Waals surface area contributed by atoms with Crippen LogP contribution < -0.4 is 5.32 Å². The average Bonchev–Trinajstić information content (AvgIpc) is 2.38. The van der Waals surface area contributed by atoms with Gasteiger partial charge in [-0.05, 0) is 24.5 Å². The van der Waals surface area contributed by atoms with Crippen molar-refractivity contribution in [2.45, 2.75) is 19.4 Å². The third-order valence-corrected chi connectivity index (χ3v) is 3.54. The fourth-order valence-corrected chi connectivity index (χ4v) is 2.61. The molecule has 1 aromatic rings. The van der Waals surface area contributed by atoms with Crippen molar-refractivity contribution in [1.82, 2.24) is 10.2 Å². The first-order chi connectivity index (χ1) is 8.33. The summed E-state index contributed by atoms with van der Waals surface area (Å²) in [5.74, 6) is 0. The lowest BCUT2D eigenvalue weighted by molar-refractivity contribution is 0.140. The zero-order valence-electron chi connectivity index (χ0n) is 10.9. The van der Waals surface area contributed by atoms with Crippen LogP contribution in [0.15, 0.2) is 24.3 Å². The van der Waals surface area contributed by atoms with E-state index in [0.717, 1.165) is 32.6 Å². The lowest BCUT2D eigenvalue weighted by Gasteiger charge is -2.35. The van der Waals surface area contributed by atoms with Gasteiger partial charge in [-0.1, -0.05) is 24.3 Å². The highest BCUT2D eigenvalue weighted by Crippen LogP contribution is 2.26. The van der Waals surface area contributed by atoms with Crippen LogP contribution >= 0.6 is 12.4 Å². The Bertz CT molecular complexity index is 353. The van der Waals surface area contributed by atoms with Crippen LogP contribution in [0.25, 0.3) is 0 Å². The van der Waals surface area contributed by atoms with Gasteiger partial charge in [0, 0.05) is 38.8 Å². The standard InChI is InChI=1S/C14H22N2O.ClH/c1-12-4-2-3-5-13(12)14(6-11-17)16-9-7-15-8-10-16;/h2-5,14-15,17H,6-11H2,1H3;1H/t14-;/m1./s1. The molecule has 1 aliphatic heterocycles. The van der Waals surface area contributed by atoms with Crippen LogP contribution in [0.1, 0.15) is 23.6 Å². The molecule has 1 atom stereocenters. The van der Waals surface area contributed by atoms with Crippen LogP contribution in [0, 0.1) is 6.92 Å². The molecule has 102 valence electrons. The number of aryl methyl sites for hydroxylation is 1. The van der Waals surface area contributed by atoms with E-state index >= 15 is 0 Å². The van der Waals surface area contributed by atoms with E-state index in [4.69, 9.17) is 0 Å². The van der Waals surface area contributed by atoms with E-state index in [1.807, 2.05) is 0 Å². The molecule has 3 nitrogen and oxygen atoms in total. The summed E-state index contributed by atoms with van der Waals surface area (Å²) in [4.78, 5) is 2.48. The maximum Gasteiger partial charge on any atom is 0.0449 e. The van der Waals surface area contributed by atoms with E-state index in [1.165, 1.54) is 11.1 Å². The van der Waals surface area contributed by atoms with Gasteiger partial charge in [0.05, 0.1) is 0 Å². The molecule has 0 spiro atoms. The van der Waals surface area contributed by atoms with Gasteiger partial charge < -0.3 is 10.4 Å². The zero-order valence-corrected chi connectivity index (χ0v) is 11.7. The summed E-state index contributed by atoms with van der Waals surface area (Å²) in [6.45, 7) is 6.64. The SMILES string of the molecule is Cc1ccccc1[C@@H](CCO)N1CCNCC1.Cl. The highest BCUT2D eigenvalue weighted by Gasteiger charge is 2.22. The molecule has 1 aromatic carbocycles. The number of piperazine rings is 1. The lowest BCUT2D eigenvalue weighted by atomic mass is 9.97. The molecule has 1 heterocycles. The molecule has 2 rings (SSSR count). The van der Waals surface area contributed by atoms with Gasteiger partial charge in [-0.15, -0.1) is 12.4 Å². The van der Waals surface area contributed by atoms with Crippen molar-refractivity contribution in [3.8, 4) is 0 Å². The van der Waals surface area contributed by atoms with Crippen LogP contribution in [0.5, 0.6) is 0 Å². The molecule has 0 bridgehead atoms. The van der Waals surface area contributed by atoms with Gasteiger partial charge in [0.15, 0.2) is 0 Å². The third kappa shape index (κ3) is 3.69. The number of benzene rings is 1. The molecule has 18 heavy (non-hydrogen) atoms. The summed E-state index contributed by atoms with van der Waals surface area (Å²) >= 11 is 0. The second kappa shape index (κ2) is 7.74. The van der Waals surface area contributed by atoms with Crippen molar-refractivity contribution in [3.63, 3.8) is 0 Å². The highest BCUT2D eigenvalue weighted by molar-refractivity contribution is 5.85. The zero-order chi connectivity index (χ0) is 12.1. The first kappa shape index (κ1) is 15.4. The topological polar surface area (TPSA) is 35.5 Å². The van der Waals surface area contributed by atoms with E-state index in [0.29, 0.717) is 6.04 Å². The molecule has 2 N–H and O–H groups in total. The van der Waals surface area contributed by atoms with Crippen molar-refractivity contribution in [1.29, 1.82) is 0 Å². The van der Waals surface area contributed by atoms with E-state index in [1.54, 1.807) is 0 Å². The van der Waals surface area contributed by atoms with Crippen molar-refractivity contribution >= 4 is 12.4 Å². The van der Waals surface area contributed by atoms with Crippen molar-refractivity contribution in [3.05, 3.63) is 35.4 Å². The third-order valence-electron chi connectivity index (χ3n) is 3.54. The van der Waals surface area contributed by atoms with E-state index < -0.39 is 0 Å². The van der Waals surface area contributed by atoms with Crippen LogP contribution in [-0.2, 0) is 0 Å². The Morgan fingerprint density at radius 1 is 1.28 bits per heavy atom. The number of aliphatic hydroxyl groups is 1. The minimum atomic E-state index is 0. The van der Waals surface area contributed by atoms with E-state index in [2.05, 4.69) is 41.4 Å². The van der Waals surface area contributed by atoms with Crippen LogP contribution in [-0.4, -0.2) is 42.8 Å². The molecular formula is C14H23ClN2O. The van der Waals surface area contributed by atoms with Crippen LogP contribution in [0.3, 0.4) is 0 Å². The largest absolute Gasteiger partial charge is 0.396 e. The molecule has 0 aromatic heterocycles. The molecule has 0 aliphatic carbocycles. The Hall–Kier alpha value is -0.610. The Balaban J connectivity index is 0.00000162. The van der Waals surface area contributed by atoms with E-state index in [9.17, 15) is 5.11 Å². The molecule has 1 saturated heterocycles. The minimum absolute atomic E-state index is 0. The van der Waals surface area contributed by atoms with Gasteiger partial charge in [-0.25, -0.2) is 0 Å². The Kier molecular flexibility index (Phi) is 6.65. The minimum Gasteiger partial charge on any atom is -0.396 e. The number of hydrogen-bond donors (Lipinski definition) is 2. The molecular weight excluding hydrogens is 248 g/mol. The average molecular weight is 271 g/mol. The van der Waals surface area contributed by atoms with E-state index in [-0.39, 0.29) is 19.0 Å². The number of aliphatic hydroxyl groups excluding tert-OH is 1. The van der Waals surface area contributed by atoms with Crippen LogP contribution in [0.2, 0.25) is 0 Å². The monoisotopic (exact) mass is 270 g/mol. The molecule has 0 saturated carbocycles. The van der Waals surface area contributed by atoms with Gasteiger partial charge >= 0.3 is 0 Å². The number of hydrogen-bond acceptors (Lipinski definition) is 3. The fraction of sp³-hybridized carbons (Fsp3) is 0.571. The van der Waals surface area contributed by atoms with Gasteiger partial charge in [0.2, 0.25) is 0 Å². The van der Waals surface area contributed by atoms with Crippen LogP contribution in [0.4, 0.5) is 0 Å². The summed E-state index contributed by atoms with van der Waals surface area (Å²) in [5, 5.41) is 12.7. The van der Waals surface area contributed by atoms with Gasteiger partial charge in [-0.3, -0.25) is 4.90 Å². The lowest BCUT2D eigenvalue weighted by Crippen LogP contribution is -2.45. The van der Waals surface area contributed by atoms with Gasteiger partial charge in [-0.2, -0.15) is 0 Å².